The molecule has 2 atom stereocenters. The van der Waals surface area contributed by atoms with E-state index in [4.69, 9.17) is 19.4 Å². The van der Waals surface area contributed by atoms with E-state index in [0.29, 0.717) is 13.2 Å². The molecule has 1 unspecified atom stereocenters. The van der Waals surface area contributed by atoms with Crippen LogP contribution in [0.3, 0.4) is 0 Å². The van der Waals surface area contributed by atoms with Gasteiger partial charge in [-0.3, -0.25) is 15.4 Å². The maximum Gasteiger partial charge on any atom is 0.144 e. The summed E-state index contributed by atoms with van der Waals surface area (Å²) in [7, 11) is 1.68. The molecule has 2 aliphatic rings. The van der Waals surface area contributed by atoms with E-state index in [1.807, 2.05) is 18.3 Å². The molecule has 5 heterocycles. The molecule has 0 bridgehead atoms. The topological polar surface area (TPSA) is 84.4 Å². The molecule has 3 aromatic rings. The monoisotopic (exact) mass is 406 g/mol. The number of fused-ring (bicyclic) bond motifs is 1. The second-order valence-electron chi connectivity index (χ2n) is 7.73. The van der Waals surface area contributed by atoms with Crippen molar-refractivity contribution in [2.24, 2.45) is 0 Å². The van der Waals surface area contributed by atoms with E-state index >= 15 is 0 Å². The first-order chi connectivity index (χ1) is 14.8. The molecule has 8 heteroatoms. The van der Waals surface area contributed by atoms with Crippen molar-refractivity contribution >= 4 is 16.7 Å². The smallest absolute Gasteiger partial charge is 0.144 e. The van der Waals surface area contributed by atoms with Gasteiger partial charge in [0.25, 0.3) is 0 Å². The van der Waals surface area contributed by atoms with E-state index in [1.165, 1.54) is 0 Å². The Hall–Kier alpha value is -2.81. The summed E-state index contributed by atoms with van der Waals surface area (Å²) in [5, 5.41) is 1.06. The summed E-state index contributed by atoms with van der Waals surface area (Å²) >= 11 is 0. The average Bonchev–Trinajstić information content (AvgIpc) is 3.33. The Morgan fingerprint density at radius 3 is 2.97 bits per heavy atom. The van der Waals surface area contributed by atoms with Crippen LogP contribution in [-0.4, -0.2) is 54.4 Å². The molecule has 0 radical (unpaired) electrons. The van der Waals surface area contributed by atoms with Crippen molar-refractivity contribution in [3.63, 3.8) is 0 Å². The predicted octanol–water partition coefficient (Wildman–Crippen LogP) is 2.46. The first kappa shape index (κ1) is 19.2. The summed E-state index contributed by atoms with van der Waals surface area (Å²) in [6, 6.07) is 6.57. The predicted molar refractivity (Wildman–Crippen MR) is 115 cm³/mol. The molecule has 0 aliphatic carbocycles. The number of hydrogen-bond acceptors (Lipinski definition) is 8. The zero-order valence-electron chi connectivity index (χ0n) is 17.3. The van der Waals surface area contributed by atoms with E-state index in [1.54, 1.807) is 19.5 Å². The molecule has 0 saturated carbocycles. The number of morpholine rings is 1. The highest BCUT2D eigenvalue weighted by atomic mass is 16.5. The highest BCUT2D eigenvalue weighted by molar-refractivity contribution is 5.98. The second kappa shape index (κ2) is 8.14. The summed E-state index contributed by atoms with van der Waals surface area (Å²) in [4.78, 5) is 16.4. The van der Waals surface area contributed by atoms with Crippen molar-refractivity contribution in [2.75, 3.05) is 38.3 Å². The molecule has 0 aromatic carbocycles. The van der Waals surface area contributed by atoms with Crippen LogP contribution in [0.4, 0.5) is 5.82 Å². The van der Waals surface area contributed by atoms with Crippen LogP contribution in [0.25, 0.3) is 22.0 Å². The minimum Gasteiger partial charge on any atom is -0.494 e. The van der Waals surface area contributed by atoms with Crippen LogP contribution < -0.4 is 20.5 Å². The van der Waals surface area contributed by atoms with Crippen molar-refractivity contribution in [2.45, 2.75) is 25.4 Å². The Morgan fingerprint density at radius 1 is 1.23 bits per heavy atom. The normalized spacial score (nSPS) is 21.9. The van der Waals surface area contributed by atoms with Crippen LogP contribution in [0.1, 0.15) is 25.1 Å². The molecule has 2 N–H and O–H groups in total. The summed E-state index contributed by atoms with van der Waals surface area (Å²) in [5.41, 5.74) is 10.5. The third-order valence-corrected chi connectivity index (χ3v) is 5.86. The Bertz CT molecular complexity index is 1050. The van der Waals surface area contributed by atoms with Gasteiger partial charge < -0.3 is 14.4 Å². The molecule has 5 rings (SSSR count). The minimum absolute atomic E-state index is 0.130. The third kappa shape index (κ3) is 3.36. The van der Waals surface area contributed by atoms with Crippen LogP contribution in [0, 0.1) is 0 Å². The number of aromatic nitrogens is 3. The summed E-state index contributed by atoms with van der Waals surface area (Å²) in [5.74, 6) is 1.68. The van der Waals surface area contributed by atoms with Gasteiger partial charge >= 0.3 is 0 Å². The van der Waals surface area contributed by atoms with E-state index in [2.05, 4.69) is 33.7 Å². The number of rotatable bonds is 4. The first-order valence-corrected chi connectivity index (χ1v) is 10.4. The highest BCUT2D eigenvalue weighted by Crippen LogP contribution is 2.38. The molecule has 156 valence electrons. The van der Waals surface area contributed by atoms with Gasteiger partial charge in [-0.25, -0.2) is 10.4 Å². The second-order valence-corrected chi connectivity index (χ2v) is 7.73. The lowest BCUT2D eigenvalue weighted by atomic mass is 9.99. The molecule has 3 aromatic heterocycles. The average molecular weight is 406 g/mol. The van der Waals surface area contributed by atoms with E-state index in [-0.39, 0.29) is 12.1 Å². The lowest BCUT2D eigenvalue weighted by molar-refractivity contribution is 0.0986. The highest BCUT2D eigenvalue weighted by Gasteiger charge is 2.26. The Morgan fingerprint density at radius 2 is 2.17 bits per heavy atom. The number of hydrogen-bond donors (Lipinski definition) is 2. The van der Waals surface area contributed by atoms with Gasteiger partial charge in [0.2, 0.25) is 0 Å². The summed E-state index contributed by atoms with van der Waals surface area (Å²) < 4.78 is 11.3. The number of hydrazine groups is 1. The fourth-order valence-electron chi connectivity index (χ4n) is 4.31. The summed E-state index contributed by atoms with van der Waals surface area (Å²) in [6.07, 6.45) is 6.39. The van der Waals surface area contributed by atoms with Gasteiger partial charge in [-0.2, -0.15) is 0 Å². The Kier molecular flexibility index (Phi) is 5.20. The molecule has 2 fully saturated rings. The first-order valence-electron chi connectivity index (χ1n) is 10.4. The number of methoxy groups -OCH3 is 1. The van der Waals surface area contributed by atoms with E-state index < -0.39 is 0 Å². The molecular weight excluding hydrogens is 380 g/mol. The third-order valence-electron chi connectivity index (χ3n) is 5.86. The quantitative estimate of drug-likeness (QED) is 0.684. The number of anilines is 1. The molecule has 2 saturated heterocycles. The number of ether oxygens (including phenoxy) is 2. The fraction of sp³-hybridized carbons (Fsp3) is 0.409. The van der Waals surface area contributed by atoms with Crippen LogP contribution in [0.15, 0.2) is 36.8 Å². The lowest BCUT2D eigenvalue weighted by Gasteiger charge is -2.34. The van der Waals surface area contributed by atoms with Gasteiger partial charge in [0.05, 0.1) is 49.8 Å². The Balaban J connectivity index is 1.76. The maximum absolute atomic E-state index is 5.65. The zero-order chi connectivity index (χ0) is 20.5. The molecule has 30 heavy (non-hydrogen) atoms. The SMILES string of the molecule is COc1cnccc1-c1cc(N2CCOC[C@H]2C)nc2c(C3CCNN3)nccc12. The fourth-order valence-corrected chi connectivity index (χ4v) is 4.31. The van der Waals surface area contributed by atoms with Gasteiger partial charge in [-0.15, -0.1) is 0 Å². The minimum atomic E-state index is 0.130. The van der Waals surface area contributed by atoms with Crippen molar-refractivity contribution in [3.8, 4) is 16.9 Å². The van der Waals surface area contributed by atoms with Crippen LogP contribution >= 0.6 is 0 Å². The molecule has 0 spiro atoms. The largest absolute Gasteiger partial charge is 0.494 e. The molecular formula is C22H26N6O2. The maximum atomic E-state index is 5.65. The van der Waals surface area contributed by atoms with E-state index in [9.17, 15) is 0 Å². The van der Waals surface area contributed by atoms with Gasteiger partial charge in [0, 0.05) is 36.4 Å². The van der Waals surface area contributed by atoms with Gasteiger partial charge in [0.15, 0.2) is 0 Å². The van der Waals surface area contributed by atoms with Crippen LogP contribution in [0.2, 0.25) is 0 Å². The van der Waals surface area contributed by atoms with Gasteiger partial charge in [-0.05, 0) is 37.1 Å². The number of nitrogens with one attached hydrogen (secondary N) is 2. The van der Waals surface area contributed by atoms with Crippen LogP contribution in [-0.2, 0) is 4.74 Å². The van der Waals surface area contributed by atoms with Gasteiger partial charge in [0.1, 0.15) is 11.6 Å². The Labute approximate surface area is 175 Å². The lowest BCUT2D eigenvalue weighted by Crippen LogP contribution is -2.44. The molecule has 0 amide bonds. The molecule has 2 aliphatic heterocycles. The van der Waals surface area contributed by atoms with E-state index in [0.717, 1.165) is 58.8 Å². The molecule has 8 nitrogen and oxygen atoms in total. The standard InChI is InChI=1S/C22H26N6O2/c1-14-13-30-10-9-28(14)20-11-17(15-3-6-23-12-19(15)29-2)16-4-7-24-22(21(16)26-20)18-5-8-25-27-18/h3-4,6-7,11-12,14,18,25,27H,5,8-10,13H2,1-2H3/t14-,18?/m1/s1. The van der Waals surface area contributed by atoms with Crippen molar-refractivity contribution in [1.29, 1.82) is 0 Å². The van der Waals surface area contributed by atoms with Crippen molar-refractivity contribution < 1.29 is 9.47 Å². The zero-order valence-corrected chi connectivity index (χ0v) is 17.3. The van der Waals surface area contributed by atoms with Crippen molar-refractivity contribution in [3.05, 3.63) is 42.5 Å². The van der Waals surface area contributed by atoms with Gasteiger partial charge in [-0.1, -0.05) is 0 Å². The number of pyridine rings is 3. The number of nitrogens with zero attached hydrogens (tertiary/aromatic N) is 4. The summed E-state index contributed by atoms with van der Waals surface area (Å²) in [6.45, 7) is 5.29. The van der Waals surface area contributed by atoms with Crippen LogP contribution in [0.5, 0.6) is 5.75 Å². The van der Waals surface area contributed by atoms with Crippen molar-refractivity contribution in [1.82, 2.24) is 25.8 Å².